The molecule has 0 spiro atoms. The van der Waals surface area contributed by atoms with Gasteiger partial charge in [-0.15, -0.1) is 11.3 Å². The van der Waals surface area contributed by atoms with Crippen LogP contribution >= 0.6 is 23.1 Å². The van der Waals surface area contributed by atoms with Crippen molar-refractivity contribution in [3.05, 3.63) is 28.0 Å². The lowest BCUT2D eigenvalue weighted by Gasteiger charge is -2.19. The number of hydrogen-bond acceptors (Lipinski definition) is 5. The molecule has 0 aromatic carbocycles. The second-order valence-electron chi connectivity index (χ2n) is 5.13. The lowest BCUT2D eigenvalue weighted by molar-refractivity contribution is -0.114. The highest BCUT2D eigenvalue weighted by molar-refractivity contribution is 8.26. The second kappa shape index (κ2) is 5.57. The summed E-state index contributed by atoms with van der Waals surface area (Å²) >= 11 is 2.90. The fraction of sp³-hybridized carbons (Fsp3) is 0.286. The van der Waals surface area contributed by atoms with Crippen LogP contribution in [-0.4, -0.2) is 27.0 Å². The van der Waals surface area contributed by atoms with Crippen LogP contribution in [0.25, 0.3) is 6.08 Å². The van der Waals surface area contributed by atoms with Crippen LogP contribution in [0.5, 0.6) is 0 Å². The van der Waals surface area contributed by atoms with Crippen molar-refractivity contribution < 1.29 is 4.79 Å². The predicted molar refractivity (Wildman–Crippen MR) is 88.8 cm³/mol. The van der Waals surface area contributed by atoms with Gasteiger partial charge in [0, 0.05) is 11.3 Å². The fourth-order valence-electron chi connectivity index (χ4n) is 1.98. The van der Waals surface area contributed by atoms with Gasteiger partial charge in [-0.25, -0.2) is 0 Å². The Hall–Kier alpha value is -1.73. The van der Waals surface area contributed by atoms with E-state index in [1.165, 1.54) is 28.1 Å². The lowest BCUT2D eigenvalue weighted by atomic mass is 10.1. The largest absolute Gasteiger partial charge is 0.283 e. The number of thiophene rings is 1. The van der Waals surface area contributed by atoms with Crippen LogP contribution in [0.1, 0.15) is 25.1 Å². The number of carbonyl (C=O) groups is 1. The van der Waals surface area contributed by atoms with Crippen LogP contribution in [0, 0.1) is 11.3 Å². The highest BCUT2D eigenvalue weighted by atomic mass is 32.2. The zero-order valence-corrected chi connectivity index (χ0v) is 13.3. The third-order valence-corrected chi connectivity index (χ3v) is 4.66. The molecule has 0 saturated carbocycles. The lowest BCUT2D eigenvalue weighted by Crippen LogP contribution is -2.35. The predicted octanol–water partition coefficient (Wildman–Crippen LogP) is 3.41. The molecule has 0 unspecified atom stereocenters. The molecule has 0 saturated heterocycles. The number of hydrazone groups is 1. The van der Waals surface area contributed by atoms with Gasteiger partial charge in [-0.05, 0) is 35.2 Å². The molecule has 0 fully saturated rings. The molecule has 21 heavy (non-hydrogen) atoms. The van der Waals surface area contributed by atoms with Gasteiger partial charge in [-0.2, -0.15) is 15.1 Å². The Morgan fingerprint density at radius 3 is 2.95 bits per heavy atom. The van der Waals surface area contributed by atoms with Crippen molar-refractivity contribution in [1.29, 1.82) is 5.41 Å². The van der Waals surface area contributed by atoms with E-state index in [0.717, 1.165) is 16.3 Å². The number of rotatable bonds is 3. The van der Waals surface area contributed by atoms with Crippen LogP contribution in [0.15, 0.2) is 33.2 Å². The minimum Gasteiger partial charge on any atom is -0.282 e. The molecule has 7 heteroatoms. The Morgan fingerprint density at radius 2 is 2.29 bits per heavy atom. The van der Waals surface area contributed by atoms with Gasteiger partial charge < -0.3 is 0 Å². The first-order valence-corrected chi connectivity index (χ1v) is 8.27. The van der Waals surface area contributed by atoms with E-state index in [0.29, 0.717) is 11.1 Å². The Balaban J connectivity index is 1.91. The first-order valence-electron chi connectivity index (χ1n) is 6.57. The minimum absolute atomic E-state index is 0.102. The van der Waals surface area contributed by atoms with E-state index < -0.39 is 0 Å². The van der Waals surface area contributed by atoms with Crippen molar-refractivity contribution in [2.24, 2.45) is 16.0 Å². The molecule has 1 aromatic rings. The standard InChI is InChI=1S/C14H14N4OS2/c1-8(2)6-11-17-18-12(15)10(7-9-4-3-5-20-9)13(19)16-14(18)21-11/h3-5,7-8,15H,6H2,1-2H3/b10-7-,15-12?. The topological polar surface area (TPSA) is 68.9 Å². The van der Waals surface area contributed by atoms with Gasteiger partial charge in [0.15, 0.2) is 5.84 Å². The summed E-state index contributed by atoms with van der Waals surface area (Å²) in [6.45, 7) is 4.22. The van der Waals surface area contributed by atoms with Crippen LogP contribution in [0.4, 0.5) is 0 Å². The number of hydrogen-bond donors (Lipinski definition) is 1. The van der Waals surface area contributed by atoms with Crippen LogP contribution in [0.3, 0.4) is 0 Å². The summed E-state index contributed by atoms with van der Waals surface area (Å²) in [5, 5.41) is 17.4. The summed E-state index contributed by atoms with van der Waals surface area (Å²) in [6.07, 6.45) is 2.53. The maximum absolute atomic E-state index is 12.1. The molecule has 108 valence electrons. The number of aliphatic imine (C=N–C) groups is 1. The number of nitrogens with one attached hydrogen (secondary N) is 1. The van der Waals surface area contributed by atoms with Gasteiger partial charge in [-0.1, -0.05) is 19.9 Å². The van der Waals surface area contributed by atoms with Crippen LogP contribution in [0.2, 0.25) is 0 Å². The maximum atomic E-state index is 12.1. The zero-order valence-electron chi connectivity index (χ0n) is 11.7. The monoisotopic (exact) mass is 318 g/mol. The molecule has 2 aliphatic heterocycles. The summed E-state index contributed by atoms with van der Waals surface area (Å²) < 4.78 is 0. The van der Waals surface area contributed by atoms with Crippen molar-refractivity contribution >= 4 is 51.1 Å². The summed E-state index contributed by atoms with van der Waals surface area (Å²) in [5.74, 6) is 0.210. The average molecular weight is 318 g/mol. The van der Waals surface area contributed by atoms with Gasteiger partial charge in [0.1, 0.15) is 5.04 Å². The van der Waals surface area contributed by atoms with Crippen molar-refractivity contribution in [3.8, 4) is 0 Å². The summed E-state index contributed by atoms with van der Waals surface area (Å²) in [5.41, 5.74) is 0.288. The molecule has 0 radical (unpaired) electrons. The molecule has 1 N–H and O–H groups in total. The fourth-order valence-corrected chi connectivity index (χ4v) is 3.73. The zero-order chi connectivity index (χ0) is 15.0. The second-order valence-corrected chi connectivity index (χ2v) is 7.15. The molecule has 3 heterocycles. The van der Waals surface area contributed by atoms with Crippen molar-refractivity contribution in [2.75, 3.05) is 0 Å². The van der Waals surface area contributed by atoms with E-state index in [9.17, 15) is 4.79 Å². The van der Waals surface area contributed by atoms with Crippen LogP contribution in [-0.2, 0) is 4.79 Å². The average Bonchev–Trinajstić information content (AvgIpc) is 3.03. The molecule has 2 aliphatic rings. The first-order chi connectivity index (χ1) is 10.0. The number of amidine groups is 2. The molecule has 5 nitrogen and oxygen atoms in total. The molecule has 0 aliphatic carbocycles. The molecular weight excluding hydrogens is 304 g/mol. The molecular formula is C14H14N4OS2. The van der Waals surface area contributed by atoms with E-state index >= 15 is 0 Å². The van der Waals surface area contributed by atoms with Crippen molar-refractivity contribution in [1.82, 2.24) is 5.01 Å². The summed E-state index contributed by atoms with van der Waals surface area (Å²) in [4.78, 5) is 17.1. The van der Waals surface area contributed by atoms with E-state index in [-0.39, 0.29) is 17.3 Å². The summed E-state index contributed by atoms with van der Waals surface area (Å²) in [7, 11) is 0. The van der Waals surface area contributed by atoms with Gasteiger partial charge in [-0.3, -0.25) is 10.2 Å². The number of carbonyl (C=O) groups excluding carboxylic acids is 1. The smallest absolute Gasteiger partial charge is 0.282 e. The molecule has 3 rings (SSSR count). The SMILES string of the molecule is CC(C)CC1=NN2C(=N)/C(=C/c3cccs3)C(=O)N=C2S1. The molecule has 0 atom stereocenters. The first kappa shape index (κ1) is 14.2. The van der Waals surface area contributed by atoms with Gasteiger partial charge in [0.2, 0.25) is 5.17 Å². The molecule has 1 aromatic heterocycles. The Kier molecular flexibility index (Phi) is 3.77. The van der Waals surface area contributed by atoms with Gasteiger partial charge in [0.25, 0.3) is 5.91 Å². The normalized spacial score (nSPS) is 20.1. The third kappa shape index (κ3) is 2.84. The quantitative estimate of drug-likeness (QED) is 0.868. The molecule has 1 amide bonds. The number of amides is 1. The number of nitrogens with zero attached hydrogens (tertiary/aromatic N) is 3. The number of fused-ring (bicyclic) bond motifs is 1. The maximum Gasteiger partial charge on any atom is 0.283 e. The Bertz CT molecular complexity index is 686. The van der Waals surface area contributed by atoms with E-state index in [4.69, 9.17) is 5.41 Å². The summed E-state index contributed by atoms with van der Waals surface area (Å²) in [6, 6.07) is 3.82. The minimum atomic E-state index is -0.367. The number of thioether (sulfide) groups is 1. The van der Waals surface area contributed by atoms with E-state index in [1.54, 1.807) is 6.08 Å². The van der Waals surface area contributed by atoms with Crippen molar-refractivity contribution in [2.45, 2.75) is 20.3 Å². The van der Waals surface area contributed by atoms with Gasteiger partial charge >= 0.3 is 0 Å². The molecule has 0 bridgehead atoms. The Morgan fingerprint density at radius 1 is 1.48 bits per heavy atom. The highest BCUT2D eigenvalue weighted by Gasteiger charge is 2.35. The van der Waals surface area contributed by atoms with Crippen molar-refractivity contribution in [3.63, 3.8) is 0 Å². The van der Waals surface area contributed by atoms with Crippen LogP contribution < -0.4 is 0 Å². The Labute approximate surface area is 131 Å². The van der Waals surface area contributed by atoms with Gasteiger partial charge in [0.05, 0.1) is 5.57 Å². The highest BCUT2D eigenvalue weighted by Crippen LogP contribution is 2.30. The van der Waals surface area contributed by atoms with E-state index in [2.05, 4.69) is 23.9 Å². The van der Waals surface area contributed by atoms with E-state index in [1.807, 2.05) is 17.5 Å². The third-order valence-electron chi connectivity index (χ3n) is 2.91.